The number of piperidine rings is 1. The van der Waals surface area contributed by atoms with Crippen molar-refractivity contribution in [1.29, 1.82) is 0 Å². The summed E-state index contributed by atoms with van der Waals surface area (Å²) >= 11 is 0. The summed E-state index contributed by atoms with van der Waals surface area (Å²) in [5, 5.41) is -0.119. The first-order valence-corrected chi connectivity index (χ1v) is 9.55. The highest BCUT2D eigenvalue weighted by Crippen LogP contribution is 2.30. The Morgan fingerprint density at radius 2 is 1.95 bits per heavy atom. The third-order valence-electron chi connectivity index (χ3n) is 4.79. The van der Waals surface area contributed by atoms with Crippen molar-refractivity contribution in [3.63, 3.8) is 0 Å². The van der Waals surface area contributed by atoms with Gasteiger partial charge in [-0.3, -0.25) is 4.98 Å². The maximum Gasteiger partial charge on any atom is 0.216 e. The quantitative estimate of drug-likeness (QED) is 0.859. The van der Waals surface area contributed by atoms with Crippen LogP contribution >= 0.6 is 0 Å². The first-order chi connectivity index (χ1) is 10.2. The van der Waals surface area contributed by atoms with Crippen molar-refractivity contribution >= 4 is 10.0 Å². The van der Waals surface area contributed by atoms with Gasteiger partial charge in [0.1, 0.15) is 0 Å². The van der Waals surface area contributed by atoms with Crippen LogP contribution in [0.2, 0.25) is 0 Å². The number of rotatable bonds is 4. The van der Waals surface area contributed by atoms with Crippen LogP contribution in [0.1, 0.15) is 44.2 Å². The van der Waals surface area contributed by atoms with Crippen LogP contribution in [0, 0.1) is 5.92 Å². The standard InChI is InChI=1S/C16H24N2O2S/c19-21(20,16-8-1-2-9-16)18-11-5-6-14(13-18)12-15-7-3-4-10-17-15/h3-4,7,10,14,16H,1-2,5-6,8-9,11-13H2/t14-/m0/s1. The van der Waals surface area contributed by atoms with Gasteiger partial charge in [0.25, 0.3) is 0 Å². The van der Waals surface area contributed by atoms with Crippen molar-refractivity contribution < 1.29 is 8.42 Å². The van der Waals surface area contributed by atoms with E-state index >= 15 is 0 Å². The normalized spacial score (nSPS) is 25.2. The molecule has 0 amide bonds. The van der Waals surface area contributed by atoms with Gasteiger partial charge >= 0.3 is 0 Å². The molecule has 1 aromatic heterocycles. The van der Waals surface area contributed by atoms with E-state index in [4.69, 9.17) is 0 Å². The summed E-state index contributed by atoms with van der Waals surface area (Å²) in [5.41, 5.74) is 1.07. The van der Waals surface area contributed by atoms with Gasteiger partial charge in [0.15, 0.2) is 0 Å². The van der Waals surface area contributed by atoms with Crippen molar-refractivity contribution in [2.24, 2.45) is 5.92 Å². The predicted molar refractivity (Wildman–Crippen MR) is 83.4 cm³/mol. The van der Waals surface area contributed by atoms with Gasteiger partial charge in [0, 0.05) is 25.0 Å². The molecular weight excluding hydrogens is 284 g/mol. The molecule has 21 heavy (non-hydrogen) atoms. The van der Waals surface area contributed by atoms with Gasteiger partial charge in [0.05, 0.1) is 5.25 Å². The fraction of sp³-hybridized carbons (Fsp3) is 0.688. The molecule has 0 radical (unpaired) electrons. The first kappa shape index (κ1) is 15.0. The molecule has 5 heteroatoms. The van der Waals surface area contributed by atoms with E-state index in [1.165, 1.54) is 0 Å². The Labute approximate surface area is 127 Å². The third kappa shape index (κ3) is 3.46. The molecule has 1 aromatic rings. The molecule has 0 bridgehead atoms. The highest BCUT2D eigenvalue weighted by Gasteiger charge is 2.36. The molecule has 1 saturated carbocycles. The van der Waals surface area contributed by atoms with Crippen molar-refractivity contribution in [1.82, 2.24) is 9.29 Å². The zero-order valence-corrected chi connectivity index (χ0v) is 13.3. The number of aromatic nitrogens is 1. The molecule has 2 aliphatic rings. The molecule has 0 aromatic carbocycles. The van der Waals surface area contributed by atoms with Gasteiger partial charge in [-0.1, -0.05) is 18.9 Å². The van der Waals surface area contributed by atoms with Crippen LogP contribution in [0.3, 0.4) is 0 Å². The van der Waals surface area contributed by atoms with Crippen LogP contribution in [0.25, 0.3) is 0 Å². The van der Waals surface area contributed by atoms with E-state index in [9.17, 15) is 8.42 Å². The number of hydrogen-bond acceptors (Lipinski definition) is 3. The first-order valence-electron chi connectivity index (χ1n) is 8.05. The van der Waals surface area contributed by atoms with Gasteiger partial charge < -0.3 is 0 Å². The molecule has 3 rings (SSSR count). The topological polar surface area (TPSA) is 50.3 Å². The fourth-order valence-electron chi connectivity index (χ4n) is 3.64. The van der Waals surface area contributed by atoms with E-state index < -0.39 is 10.0 Å². The van der Waals surface area contributed by atoms with Crippen LogP contribution in [0.5, 0.6) is 0 Å². The zero-order valence-electron chi connectivity index (χ0n) is 12.4. The molecule has 2 fully saturated rings. The predicted octanol–water partition coefficient (Wildman–Crippen LogP) is 2.61. The maximum atomic E-state index is 12.7. The molecule has 116 valence electrons. The highest BCUT2D eigenvalue weighted by molar-refractivity contribution is 7.89. The van der Waals surface area contributed by atoms with Gasteiger partial charge in [-0.05, 0) is 50.2 Å². The Hall–Kier alpha value is -0.940. The minimum atomic E-state index is -3.07. The molecule has 0 spiro atoms. The summed E-state index contributed by atoms with van der Waals surface area (Å²) in [7, 11) is -3.07. The van der Waals surface area contributed by atoms with E-state index in [1.54, 1.807) is 4.31 Å². The van der Waals surface area contributed by atoms with Crippen molar-refractivity contribution in [2.75, 3.05) is 13.1 Å². The Balaban J connectivity index is 1.65. The lowest BCUT2D eigenvalue weighted by Crippen LogP contribution is -2.44. The zero-order chi connectivity index (χ0) is 14.7. The van der Waals surface area contributed by atoms with E-state index in [-0.39, 0.29) is 5.25 Å². The average molecular weight is 308 g/mol. The third-order valence-corrected chi connectivity index (χ3v) is 7.15. The molecule has 1 aliphatic carbocycles. The second-order valence-electron chi connectivity index (χ2n) is 6.34. The summed E-state index contributed by atoms with van der Waals surface area (Å²) in [4.78, 5) is 4.37. The molecule has 1 aliphatic heterocycles. The minimum absolute atomic E-state index is 0.119. The fourth-order valence-corrected chi connectivity index (χ4v) is 5.79. The van der Waals surface area contributed by atoms with Crippen molar-refractivity contribution in [3.05, 3.63) is 30.1 Å². The summed E-state index contributed by atoms with van der Waals surface area (Å²) in [6.07, 6.45) is 8.61. The van der Waals surface area contributed by atoms with Gasteiger partial charge in [-0.15, -0.1) is 0 Å². The van der Waals surface area contributed by atoms with Crippen LogP contribution in [-0.2, 0) is 16.4 Å². The molecule has 4 nitrogen and oxygen atoms in total. The Kier molecular flexibility index (Phi) is 4.60. The summed E-state index contributed by atoms with van der Waals surface area (Å²) in [6, 6.07) is 5.95. The SMILES string of the molecule is O=S(=O)(C1CCCC1)N1CCC[C@@H](Cc2ccccn2)C1. The van der Waals surface area contributed by atoms with Crippen LogP contribution in [-0.4, -0.2) is 36.0 Å². The summed E-state index contributed by atoms with van der Waals surface area (Å²) in [6.45, 7) is 1.38. The second kappa shape index (κ2) is 6.44. The monoisotopic (exact) mass is 308 g/mol. The Morgan fingerprint density at radius 3 is 2.67 bits per heavy atom. The Morgan fingerprint density at radius 1 is 1.14 bits per heavy atom. The maximum absolute atomic E-state index is 12.7. The van der Waals surface area contributed by atoms with E-state index in [1.807, 2.05) is 24.4 Å². The number of nitrogens with zero attached hydrogens (tertiary/aromatic N) is 2. The van der Waals surface area contributed by atoms with Crippen LogP contribution in [0.15, 0.2) is 24.4 Å². The average Bonchev–Trinajstić information content (AvgIpc) is 3.04. The van der Waals surface area contributed by atoms with E-state index in [2.05, 4.69) is 4.98 Å². The lowest BCUT2D eigenvalue weighted by atomic mass is 9.94. The van der Waals surface area contributed by atoms with Crippen LogP contribution in [0.4, 0.5) is 0 Å². The largest absolute Gasteiger partial charge is 0.261 e. The number of pyridine rings is 1. The van der Waals surface area contributed by atoms with Gasteiger partial charge in [-0.25, -0.2) is 12.7 Å². The van der Waals surface area contributed by atoms with Crippen molar-refractivity contribution in [2.45, 2.75) is 50.2 Å². The molecule has 0 unspecified atom stereocenters. The minimum Gasteiger partial charge on any atom is -0.261 e. The molecule has 1 atom stereocenters. The lowest BCUT2D eigenvalue weighted by Gasteiger charge is -2.33. The number of hydrogen-bond donors (Lipinski definition) is 0. The highest BCUT2D eigenvalue weighted by atomic mass is 32.2. The van der Waals surface area contributed by atoms with Crippen molar-refractivity contribution in [3.8, 4) is 0 Å². The summed E-state index contributed by atoms with van der Waals surface area (Å²) < 4.78 is 27.2. The molecular formula is C16H24N2O2S. The number of sulfonamides is 1. The summed E-state index contributed by atoms with van der Waals surface area (Å²) in [5.74, 6) is 0.407. The lowest BCUT2D eigenvalue weighted by molar-refractivity contribution is 0.262. The molecule has 0 N–H and O–H groups in total. The van der Waals surface area contributed by atoms with E-state index in [0.29, 0.717) is 19.0 Å². The smallest absolute Gasteiger partial charge is 0.216 e. The molecule has 2 heterocycles. The molecule has 1 saturated heterocycles. The van der Waals surface area contributed by atoms with Crippen LogP contribution < -0.4 is 0 Å². The Bertz CT molecular complexity index is 553. The van der Waals surface area contributed by atoms with E-state index in [0.717, 1.165) is 50.6 Å². The second-order valence-corrected chi connectivity index (χ2v) is 8.56. The van der Waals surface area contributed by atoms with Gasteiger partial charge in [-0.2, -0.15) is 0 Å². The van der Waals surface area contributed by atoms with Gasteiger partial charge in [0.2, 0.25) is 10.0 Å².